The maximum absolute atomic E-state index is 12.2. The average Bonchev–Trinajstić information content (AvgIpc) is 2.94. The van der Waals surface area contributed by atoms with Gasteiger partial charge in [-0.2, -0.15) is 0 Å². The number of amides is 1. The number of anilines is 1. The number of alkyl halides is 3. The highest BCUT2D eigenvalue weighted by Crippen LogP contribution is 2.40. The van der Waals surface area contributed by atoms with Gasteiger partial charge in [-0.3, -0.25) is 4.79 Å². The van der Waals surface area contributed by atoms with Gasteiger partial charge in [0.1, 0.15) is 5.75 Å². The van der Waals surface area contributed by atoms with Crippen LogP contribution < -0.4 is 19.5 Å². The molecule has 2 aromatic rings. The third kappa shape index (κ3) is 3.65. The van der Waals surface area contributed by atoms with Crippen LogP contribution in [-0.2, 0) is 0 Å². The molecule has 0 unspecified atom stereocenters. The molecule has 0 saturated carbocycles. The van der Waals surface area contributed by atoms with Gasteiger partial charge in [0.05, 0.1) is 5.02 Å². The second-order valence-electron chi connectivity index (χ2n) is 4.72. The van der Waals surface area contributed by atoms with Crippen molar-refractivity contribution in [2.24, 2.45) is 0 Å². The van der Waals surface area contributed by atoms with Gasteiger partial charge < -0.3 is 19.5 Å². The Kier molecular flexibility index (Phi) is 4.15. The standard InChI is InChI=1S/C15H9ClF3NO4/c16-11-4-8(5-12-13(11)23-7-22-12)14(21)20-9-2-1-3-10(6-9)24-15(17,18)19/h1-6H,7H2,(H,20,21). The molecule has 1 aliphatic heterocycles. The van der Waals surface area contributed by atoms with Gasteiger partial charge in [0.25, 0.3) is 5.91 Å². The zero-order valence-electron chi connectivity index (χ0n) is 11.8. The Morgan fingerprint density at radius 2 is 2.00 bits per heavy atom. The van der Waals surface area contributed by atoms with E-state index in [4.69, 9.17) is 21.1 Å². The van der Waals surface area contributed by atoms with Gasteiger partial charge in [-0.1, -0.05) is 17.7 Å². The SMILES string of the molecule is O=C(Nc1cccc(OC(F)(F)F)c1)c1cc(Cl)c2c(c1)OCO2. The number of ether oxygens (including phenoxy) is 3. The number of hydrogen-bond donors (Lipinski definition) is 1. The minimum Gasteiger partial charge on any atom is -0.454 e. The first kappa shape index (κ1) is 16.3. The van der Waals surface area contributed by atoms with E-state index < -0.39 is 18.0 Å². The molecule has 5 nitrogen and oxygen atoms in total. The summed E-state index contributed by atoms with van der Waals surface area (Å²) in [5.74, 6) is -0.348. The lowest BCUT2D eigenvalue weighted by atomic mass is 10.2. The molecule has 1 heterocycles. The minimum atomic E-state index is -4.81. The fraction of sp³-hybridized carbons (Fsp3) is 0.133. The van der Waals surface area contributed by atoms with Gasteiger partial charge in [0.15, 0.2) is 11.5 Å². The van der Waals surface area contributed by atoms with Gasteiger partial charge in [0.2, 0.25) is 6.79 Å². The van der Waals surface area contributed by atoms with Crippen molar-refractivity contribution in [3.8, 4) is 17.2 Å². The molecule has 126 valence electrons. The molecule has 0 radical (unpaired) electrons. The molecule has 9 heteroatoms. The predicted molar refractivity (Wildman–Crippen MR) is 78.7 cm³/mol. The molecular formula is C15H9ClF3NO4. The summed E-state index contributed by atoms with van der Waals surface area (Å²) in [6.45, 7) is -0.00302. The van der Waals surface area contributed by atoms with Gasteiger partial charge in [-0.05, 0) is 24.3 Å². The van der Waals surface area contributed by atoms with Gasteiger partial charge in [-0.25, -0.2) is 0 Å². The monoisotopic (exact) mass is 359 g/mol. The largest absolute Gasteiger partial charge is 0.573 e. The summed E-state index contributed by atoms with van der Waals surface area (Å²) in [5, 5.41) is 2.66. The molecule has 1 amide bonds. The molecular weight excluding hydrogens is 351 g/mol. The van der Waals surface area contributed by atoms with Gasteiger partial charge in [-0.15, -0.1) is 13.2 Å². The normalized spacial score (nSPS) is 12.8. The Balaban J connectivity index is 1.78. The number of benzene rings is 2. The predicted octanol–water partition coefficient (Wildman–Crippen LogP) is 4.22. The van der Waals surface area contributed by atoms with Gasteiger partial charge >= 0.3 is 6.36 Å². The molecule has 0 bridgehead atoms. The second-order valence-corrected chi connectivity index (χ2v) is 5.13. The highest BCUT2D eigenvalue weighted by molar-refractivity contribution is 6.32. The number of fused-ring (bicyclic) bond motifs is 1. The molecule has 1 N–H and O–H groups in total. The smallest absolute Gasteiger partial charge is 0.454 e. The lowest BCUT2D eigenvalue weighted by Gasteiger charge is -2.11. The summed E-state index contributed by atoms with van der Waals surface area (Å²) in [4.78, 5) is 12.2. The van der Waals surface area contributed by atoms with Crippen LogP contribution in [0.2, 0.25) is 5.02 Å². The van der Waals surface area contributed by atoms with Crippen LogP contribution in [0.3, 0.4) is 0 Å². The van der Waals surface area contributed by atoms with Crippen molar-refractivity contribution in [3.05, 3.63) is 47.0 Å². The molecule has 0 aliphatic carbocycles. The van der Waals surface area contributed by atoms with Crippen LogP contribution in [0.25, 0.3) is 0 Å². The number of hydrogen-bond acceptors (Lipinski definition) is 4. The van der Waals surface area contributed by atoms with Crippen molar-refractivity contribution in [2.45, 2.75) is 6.36 Å². The summed E-state index contributed by atoms with van der Waals surface area (Å²) in [6.07, 6.45) is -4.81. The Bertz CT molecular complexity index is 795. The molecule has 2 aromatic carbocycles. The third-order valence-corrected chi connectivity index (χ3v) is 3.30. The number of rotatable bonds is 3. The van der Waals surface area contributed by atoms with Crippen molar-refractivity contribution < 1.29 is 32.2 Å². The van der Waals surface area contributed by atoms with Crippen molar-refractivity contribution in [2.75, 3.05) is 12.1 Å². The summed E-state index contributed by atoms with van der Waals surface area (Å²) >= 11 is 5.99. The van der Waals surface area contributed by atoms with Crippen molar-refractivity contribution in [3.63, 3.8) is 0 Å². The number of carbonyl (C=O) groups is 1. The fourth-order valence-corrected chi connectivity index (χ4v) is 2.34. The Hall–Kier alpha value is -2.61. The van der Waals surface area contributed by atoms with E-state index in [2.05, 4.69) is 10.1 Å². The number of carbonyl (C=O) groups excluding carboxylic acids is 1. The molecule has 0 spiro atoms. The molecule has 0 saturated heterocycles. The Labute approximate surface area is 138 Å². The van der Waals surface area contributed by atoms with Crippen LogP contribution in [0.5, 0.6) is 17.2 Å². The van der Waals surface area contributed by atoms with E-state index in [9.17, 15) is 18.0 Å². The lowest BCUT2D eigenvalue weighted by molar-refractivity contribution is -0.274. The summed E-state index contributed by atoms with van der Waals surface area (Å²) < 4.78 is 50.8. The van der Waals surface area contributed by atoms with Crippen LogP contribution in [0, 0.1) is 0 Å². The van der Waals surface area contributed by atoms with Crippen LogP contribution >= 0.6 is 11.6 Å². The van der Waals surface area contributed by atoms with Crippen LogP contribution in [0.1, 0.15) is 10.4 Å². The van der Waals surface area contributed by atoms with E-state index >= 15 is 0 Å². The van der Waals surface area contributed by atoms with E-state index in [1.165, 1.54) is 24.3 Å². The molecule has 0 atom stereocenters. The average molecular weight is 360 g/mol. The van der Waals surface area contributed by atoms with E-state index in [0.717, 1.165) is 12.1 Å². The fourth-order valence-electron chi connectivity index (χ4n) is 2.07. The first-order valence-corrected chi connectivity index (χ1v) is 6.96. The molecule has 0 fully saturated rings. The first-order valence-electron chi connectivity index (χ1n) is 6.58. The van der Waals surface area contributed by atoms with Crippen molar-refractivity contribution in [1.29, 1.82) is 0 Å². The topological polar surface area (TPSA) is 56.8 Å². The molecule has 0 aromatic heterocycles. The molecule has 3 rings (SSSR count). The number of halogens is 4. The summed E-state index contributed by atoms with van der Waals surface area (Å²) in [6, 6.07) is 7.74. The second kappa shape index (κ2) is 6.12. The Morgan fingerprint density at radius 3 is 2.75 bits per heavy atom. The maximum Gasteiger partial charge on any atom is 0.573 e. The van der Waals surface area contributed by atoms with Crippen LogP contribution in [0.4, 0.5) is 18.9 Å². The Morgan fingerprint density at radius 1 is 1.21 bits per heavy atom. The van der Waals surface area contributed by atoms with Crippen LogP contribution in [-0.4, -0.2) is 19.1 Å². The maximum atomic E-state index is 12.2. The lowest BCUT2D eigenvalue weighted by Crippen LogP contribution is -2.17. The van der Waals surface area contributed by atoms with E-state index in [-0.39, 0.29) is 23.1 Å². The van der Waals surface area contributed by atoms with E-state index in [1.54, 1.807) is 0 Å². The third-order valence-electron chi connectivity index (χ3n) is 3.01. The minimum absolute atomic E-state index is 0.00302. The van der Waals surface area contributed by atoms with E-state index in [1.807, 2.05) is 0 Å². The van der Waals surface area contributed by atoms with Crippen molar-refractivity contribution in [1.82, 2.24) is 0 Å². The molecule has 1 aliphatic rings. The highest BCUT2D eigenvalue weighted by Gasteiger charge is 2.31. The van der Waals surface area contributed by atoms with E-state index in [0.29, 0.717) is 11.5 Å². The quantitative estimate of drug-likeness (QED) is 0.891. The highest BCUT2D eigenvalue weighted by atomic mass is 35.5. The van der Waals surface area contributed by atoms with Gasteiger partial charge in [0, 0.05) is 17.3 Å². The van der Waals surface area contributed by atoms with Crippen molar-refractivity contribution >= 4 is 23.2 Å². The zero-order valence-corrected chi connectivity index (χ0v) is 12.6. The molecule has 24 heavy (non-hydrogen) atoms. The zero-order chi connectivity index (χ0) is 17.3. The summed E-state index contributed by atoms with van der Waals surface area (Å²) in [7, 11) is 0. The van der Waals surface area contributed by atoms with Crippen LogP contribution in [0.15, 0.2) is 36.4 Å². The number of nitrogens with one attached hydrogen (secondary N) is 1. The summed E-state index contributed by atoms with van der Waals surface area (Å²) in [5.41, 5.74) is 0.307. The first-order chi connectivity index (χ1) is 11.3.